The largest absolute Gasteiger partial charge is 0.398 e. The molecule has 1 amide bonds. The van der Waals surface area contributed by atoms with Crippen LogP contribution < -0.4 is 21.5 Å². The number of nitriles is 1. The van der Waals surface area contributed by atoms with E-state index in [0.29, 0.717) is 11.4 Å². The molecule has 2 rings (SSSR count). The summed E-state index contributed by atoms with van der Waals surface area (Å²) in [6.07, 6.45) is 1.27. The van der Waals surface area contributed by atoms with Crippen LogP contribution in [0.5, 0.6) is 0 Å². The van der Waals surface area contributed by atoms with Gasteiger partial charge in [0.05, 0.1) is 15.6 Å². The van der Waals surface area contributed by atoms with Crippen molar-refractivity contribution < 1.29 is 13.2 Å². The number of primary sulfonamides is 1. The lowest BCUT2D eigenvalue weighted by Gasteiger charge is -2.07. The van der Waals surface area contributed by atoms with Gasteiger partial charge < -0.3 is 16.4 Å². The van der Waals surface area contributed by atoms with Crippen molar-refractivity contribution in [3.8, 4) is 6.07 Å². The average molecular weight is 406 g/mol. The average Bonchev–Trinajstić information content (AvgIpc) is 2.61. The third-order valence-corrected chi connectivity index (χ3v) is 4.68. The van der Waals surface area contributed by atoms with Crippen molar-refractivity contribution in [1.29, 1.82) is 5.26 Å². The van der Waals surface area contributed by atoms with Crippen LogP contribution in [-0.4, -0.2) is 14.3 Å². The van der Waals surface area contributed by atoms with E-state index in [2.05, 4.69) is 10.6 Å². The normalized spacial score (nSPS) is 11.5. The molecular formula is C17H16ClN5O3S. The van der Waals surface area contributed by atoms with E-state index in [4.69, 9.17) is 27.7 Å². The molecule has 0 aromatic heterocycles. The van der Waals surface area contributed by atoms with Crippen molar-refractivity contribution in [2.75, 3.05) is 11.1 Å². The summed E-state index contributed by atoms with van der Waals surface area (Å²) in [7, 11) is -3.75. The number of nitrogens with two attached hydrogens (primary N) is 2. The minimum absolute atomic E-state index is 0.000965. The summed E-state index contributed by atoms with van der Waals surface area (Å²) < 4.78 is 22.4. The molecule has 2 aromatic rings. The number of rotatable bonds is 6. The molecule has 0 saturated heterocycles. The number of benzene rings is 2. The molecule has 0 radical (unpaired) electrons. The van der Waals surface area contributed by atoms with Gasteiger partial charge in [0.1, 0.15) is 11.6 Å². The first-order valence-electron chi connectivity index (χ1n) is 7.52. The van der Waals surface area contributed by atoms with E-state index < -0.39 is 15.9 Å². The number of halogens is 1. The number of anilines is 2. The number of sulfonamides is 1. The Balaban J connectivity index is 2.00. The monoisotopic (exact) mass is 405 g/mol. The Morgan fingerprint density at radius 3 is 2.44 bits per heavy atom. The quantitative estimate of drug-likeness (QED) is 0.326. The molecular weight excluding hydrogens is 390 g/mol. The zero-order valence-corrected chi connectivity index (χ0v) is 15.5. The third kappa shape index (κ3) is 5.72. The summed E-state index contributed by atoms with van der Waals surface area (Å²) in [5, 5.41) is 19.8. The topological polar surface area (TPSA) is 151 Å². The fraction of sp³-hybridized carbons (Fsp3) is 0.0588. The fourth-order valence-corrected chi connectivity index (χ4v) is 2.72. The molecule has 140 valence electrons. The van der Waals surface area contributed by atoms with Crippen molar-refractivity contribution in [3.63, 3.8) is 0 Å². The Kier molecular flexibility index (Phi) is 6.41. The molecule has 0 aliphatic heterocycles. The first kappa shape index (κ1) is 20.3. The van der Waals surface area contributed by atoms with Gasteiger partial charge in [-0.2, -0.15) is 5.26 Å². The lowest BCUT2D eigenvalue weighted by atomic mass is 10.2. The Labute approximate surface area is 161 Å². The molecule has 8 nitrogen and oxygen atoms in total. The second-order valence-electron chi connectivity index (χ2n) is 5.43. The van der Waals surface area contributed by atoms with Crippen molar-refractivity contribution in [2.45, 2.75) is 11.4 Å². The van der Waals surface area contributed by atoms with E-state index in [1.165, 1.54) is 30.5 Å². The highest BCUT2D eigenvalue weighted by molar-refractivity contribution is 7.89. The van der Waals surface area contributed by atoms with Gasteiger partial charge in [0.2, 0.25) is 10.0 Å². The fourth-order valence-electron chi connectivity index (χ4n) is 2.02. The van der Waals surface area contributed by atoms with Crippen LogP contribution in [0.1, 0.15) is 5.56 Å². The number of hydrogen-bond donors (Lipinski definition) is 4. The maximum atomic E-state index is 12.1. The van der Waals surface area contributed by atoms with Crippen molar-refractivity contribution in [1.82, 2.24) is 5.32 Å². The van der Waals surface area contributed by atoms with Crippen LogP contribution in [-0.2, 0) is 21.4 Å². The van der Waals surface area contributed by atoms with Gasteiger partial charge >= 0.3 is 0 Å². The van der Waals surface area contributed by atoms with Crippen LogP contribution in [0.2, 0.25) is 5.02 Å². The lowest BCUT2D eigenvalue weighted by molar-refractivity contribution is -0.112. The summed E-state index contributed by atoms with van der Waals surface area (Å²) in [6, 6.07) is 12.3. The zero-order valence-electron chi connectivity index (χ0n) is 13.9. The molecule has 0 aliphatic rings. The molecule has 2 aromatic carbocycles. The molecule has 0 bridgehead atoms. The van der Waals surface area contributed by atoms with E-state index in [1.807, 2.05) is 0 Å². The molecule has 0 heterocycles. The molecule has 0 atom stereocenters. The van der Waals surface area contributed by atoms with Gasteiger partial charge in [-0.05, 0) is 35.9 Å². The second kappa shape index (κ2) is 8.55. The predicted molar refractivity (Wildman–Crippen MR) is 103 cm³/mol. The highest BCUT2D eigenvalue weighted by Gasteiger charge is 2.10. The number of hydrogen-bond acceptors (Lipinski definition) is 6. The van der Waals surface area contributed by atoms with Crippen LogP contribution in [0.15, 0.2) is 59.1 Å². The number of nitrogens with one attached hydrogen (secondary N) is 2. The minimum atomic E-state index is -3.75. The smallest absolute Gasteiger partial charge is 0.267 e. The first-order valence-corrected chi connectivity index (χ1v) is 9.45. The summed E-state index contributed by atoms with van der Waals surface area (Å²) in [5.41, 5.74) is 6.97. The van der Waals surface area contributed by atoms with Gasteiger partial charge in [0.15, 0.2) is 0 Å². The van der Waals surface area contributed by atoms with Gasteiger partial charge in [-0.1, -0.05) is 23.7 Å². The van der Waals surface area contributed by atoms with Crippen LogP contribution in [0.4, 0.5) is 11.4 Å². The van der Waals surface area contributed by atoms with Crippen molar-refractivity contribution in [2.24, 2.45) is 5.14 Å². The highest BCUT2D eigenvalue weighted by atomic mass is 35.5. The molecule has 10 heteroatoms. The molecule has 6 N–H and O–H groups in total. The maximum absolute atomic E-state index is 12.1. The Bertz CT molecular complexity index is 1030. The summed E-state index contributed by atoms with van der Waals surface area (Å²) in [5.74, 6) is -0.615. The molecule has 0 saturated carbocycles. The Morgan fingerprint density at radius 1 is 1.22 bits per heavy atom. The van der Waals surface area contributed by atoms with Crippen LogP contribution in [0.3, 0.4) is 0 Å². The summed E-state index contributed by atoms with van der Waals surface area (Å²) in [6.45, 7) is 0.275. The summed E-state index contributed by atoms with van der Waals surface area (Å²) >= 11 is 5.89. The van der Waals surface area contributed by atoms with Crippen LogP contribution in [0.25, 0.3) is 0 Å². The SMILES string of the molecule is N#C/C(=C/NCc1ccc(S(N)(=O)=O)cc1)C(=O)Nc1ccc(N)c(Cl)c1. The second-order valence-corrected chi connectivity index (χ2v) is 7.40. The number of nitrogens with zero attached hydrogens (tertiary/aromatic N) is 1. The van der Waals surface area contributed by atoms with Crippen LogP contribution >= 0.6 is 11.6 Å². The van der Waals surface area contributed by atoms with Crippen LogP contribution in [0, 0.1) is 11.3 Å². The number of amides is 1. The molecule has 0 aliphatic carbocycles. The maximum Gasteiger partial charge on any atom is 0.267 e. The van der Waals surface area contributed by atoms with E-state index >= 15 is 0 Å². The number of carbonyl (C=O) groups is 1. The summed E-state index contributed by atoms with van der Waals surface area (Å²) in [4.78, 5) is 12.1. The third-order valence-electron chi connectivity index (χ3n) is 3.43. The van der Waals surface area contributed by atoms with Gasteiger partial charge in [0.25, 0.3) is 5.91 Å². The molecule has 0 fully saturated rings. The molecule has 0 spiro atoms. The van der Waals surface area contributed by atoms with E-state index in [0.717, 1.165) is 5.56 Å². The van der Waals surface area contributed by atoms with Gasteiger partial charge in [-0.25, -0.2) is 13.6 Å². The van der Waals surface area contributed by atoms with Gasteiger partial charge in [-0.3, -0.25) is 4.79 Å². The minimum Gasteiger partial charge on any atom is -0.398 e. The Hall–Kier alpha value is -3.06. The first-order chi connectivity index (χ1) is 12.7. The predicted octanol–water partition coefficient (Wildman–Crippen LogP) is 1.71. The van der Waals surface area contributed by atoms with Crippen molar-refractivity contribution in [3.05, 3.63) is 64.8 Å². The highest BCUT2D eigenvalue weighted by Crippen LogP contribution is 2.22. The molecule has 27 heavy (non-hydrogen) atoms. The Morgan fingerprint density at radius 2 is 1.89 bits per heavy atom. The van der Waals surface area contributed by atoms with Gasteiger partial charge in [-0.15, -0.1) is 0 Å². The lowest BCUT2D eigenvalue weighted by Crippen LogP contribution is -2.17. The number of nitrogen functional groups attached to an aromatic ring is 1. The van der Waals surface area contributed by atoms with Crippen molar-refractivity contribution >= 4 is 38.9 Å². The molecule has 0 unspecified atom stereocenters. The van der Waals surface area contributed by atoms with E-state index in [1.54, 1.807) is 24.3 Å². The standard InChI is InChI=1S/C17H16ClN5O3S/c18-15-7-13(3-6-16(15)20)23-17(24)12(8-19)10-22-9-11-1-4-14(5-2-11)27(21,25)26/h1-7,10,22H,9,20H2,(H,23,24)(H2,21,25,26)/b12-10-. The van der Waals surface area contributed by atoms with E-state index in [9.17, 15) is 13.2 Å². The zero-order chi connectivity index (χ0) is 20.0. The van der Waals surface area contributed by atoms with E-state index in [-0.39, 0.29) is 22.0 Å². The number of carbonyl (C=O) groups excluding carboxylic acids is 1. The van der Waals surface area contributed by atoms with Gasteiger partial charge in [0, 0.05) is 18.4 Å².